The topological polar surface area (TPSA) is 75.7 Å². The van der Waals surface area contributed by atoms with Crippen molar-refractivity contribution in [1.82, 2.24) is 9.62 Å². The first-order valence-corrected chi connectivity index (χ1v) is 8.24. The standard InChI is InChI=1S/C14H20N2O4S/c1-10-9-16(11(2)8-15-10)21(18,19)13-7-5-4-6-12(13)14(17)20-3/h4-7,10-11,15H,8-9H2,1-3H3. The molecule has 0 aliphatic carbocycles. The normalized spacial score (nSPS) is 23.8. The van der Waals surface area contributed by atoms with E-state index in [0.717, 1.165) is 0 Å². The monoisotopic (exact) mass is 312 g/mol. The lowest BCUT2D eigenvalue weighted by Crippen LogP contribution is -2.56. The molecule has 1 heterocycles. The Morgan fingerprint density at radius 3 is 2.67 bits per heavy atom. The number of rotatable bonds is 3. The second-order valence-electron chi connectivity index (χ2n) is 5.22. The molecule has 1 aliphatic rings. The van der Waals surface area contributed by atoms with Crippen LogP contribution in [0.1, 0.15) is 24.2 Å². The highest BCUT2D eigenvalue weighted by atomic mass is 32.2. The molecule has 116 valence electrons. The van der Waals surface area contributed by atoms with Crippen LogP contribution in [0.15, 0.2) is 29.2 Å². The molecule has 0 amide bonds. The van der Waals surface area contributed by atoms with Gasteiger partial charge in [0, 0.05) is 25.2 Å². The molecule has 0 aromatic heterocycles. The number of methoxy groups -OCH3 is 1. The summed E-state index contributed by atoms with van der Waals surface area (Å²) < 4.78 is 31.9. The lowest BCUT2D eigenvalue weighted by atomic mass is 10.2. The highest BCUT2D eigenvalue weighted by molar-refractivity contribution is 7.89. The lowest BCUT2D eigenvalue weighted by Gasteiger charge is -2.36. The summed E-state index contributed by atoms with van der Waals surface area (Å²) in [5.74, 6) is -0.648. The van der Waals surface area contributed by atoms with Crippen molar-refractivity contribution in [1.29, 1.82) is 0 Å². The Labute approximate surface area is 125 Å². The molecule has 6 nitrogen and oxygen atoms in total. The third-order valence-electron chi connectivity index (χ3n) is 3.59. The molecule has 0 saturated carbocycles. The van der Waals surface area contributed by atoms with Gasteiger partial charge in [-0.1, -0.05) is 12.1 Å². The van der Waals surface area contributed by atoms with E-state index >= 15 is 0 Å². The van der Waals surface area contributed by atoms with E-state index in [4.69, 9.17) is 0 Å². The van der Waals surface area contributed by atoms with E-state index in [0.29, 0.717) is 13.1 Å². The Balaban J connectivity index is 2.47. The van der Waals surface area contributed by atoms with Crippen LogP contribution in [0.2, 0.25) is 0 Å². The summed E-state index contributed by atoms with van der Waals surface area (Å²) in [6, 6.07) is 6.04. The first-order valence-electron chi connectivity index (χ1n) is 6.80. The average molecular weight is 312 g/mol. The molecule has 0 radical (unpaired) electrons. The van der Waals surface area contributed by atoms with Gasteiger partial charge in [-0.25, -0.2) is 13.2 Å². The van der Waals surface area contributed by atoms with Crippen molar-refractivity contribution in [3.05, 3.63) is 29.8 Å². The summed E-state index contributed by atoms with van der Waals surface area (Å²) in [5.41, 5.74) is 0.0679. The quantitative estimate of drug-likeness (QED) is 0.837. The number of carbonyl (C=O) groups excluding carboxylic acids is 1. The number of sulfonamides is 1. The summed E-state index contributed by atoms with van der Waals surface area (Å²) >= 11 is 0. The van der Waals surface area contributed by atoms with E-state index in [2.05, 4.69) is 10.1 Å². The summed E-state index contributed by atoms with van der Waals surface area (Å²) in [6.45, 7) is 4.73. The number of hydrogen-bond donors (Lipinski definition) is 1. The number of nitrogens with zero attached hydrogens (tertiary/aromatic N) is 1. The average Bonchev–Trinajstić information content (AvgIpc) is 2.48. The van der Waals surface area contributed by atoms with Gasteiger partial charge in [0.1, 0.15) is 0 Å². The minimum atomic E-state index is -3.74. The molecule has 7 heteroatoms. The predicted molar refractivity (Wildman–Crippen MR) is 78.6 cm³/mol. The lowest BCUT2D eigenvalue weighted by molar-refractivity contribution is 0.0596. The second-order valence-corrected chi connectivity index (χ2v) is 7.08. The van der Waals surface area contributed by atoms with Gasteiger partial charge in [-0.3, -0.25) is 0 Å². The van der Waals surface area contributed by atoms with E-state index in [-0.39, 0.29) is 22.5 Å². The number of nitrogens with one attached hydrogen (secondary N) is 1. The van der Waals surface area contributed by atoms with E-state index in [1.165, 1.54) is 23.5 Å². The maximum atomic E-state index is 12.9. The smallest absolute Gasteiger partial charge is 0.339 e. The zero-order valence-electron chi connectivity index (χ0n) is 12.4. The molecule has 1 aromatic rings. The van der Waals surface area contributed by atoms with Crippen LogP contribution < -0.4 is 5.32 Å². The fourth-order valence-electron chi connectivity index (χ4n) is 2.42. The van der Waals surface area contributed by atoms with E-state index in [1.54, 1.807) is 12.1 Å². The molecule has 2 atom stereocenters. The number of esters is 1. The Morgan fingerprint density at radius 1 is 1.33 bits per heavy atom. The Bertz CT molecular complexity index is 630. The molecule has 1 aliphatic heterocycles. The van der Waals surface area contributed by atoms with Gasteiger partial charge < -0.3 is 10.1 Å². The van der Waals surface area contributed by atoms with E-state index in [9.17, 15) is 13.2 Å². The summed E-state index contributed by atoms with van der Waals surface area (Å²) in [6.07, 6.45) is 0. The van der Waals surface area contributed by atoms with E-state index in [1.807, 2.05) is 13.8 Å². The van der Waals surface area contributed by atoms with Gasteiger partial charge in [-0.15, -0.1) is 0 Å². The van der Waals surface area contributed by atoms with Gasteiger partial charge in [-0.2, -0.15) is 4.31 Å². The van der Waals surface area contributed by atoms with Gasteiger partial charge in [-0.05, 0) is 26.0 Å². The number of carbonyl (C=O) groups is 1. The zero-order valence-corrected chi connectivity index (χ0v) is 13.2. The molecule has 1 aromatic carbocycles. The fraction of sp³-hybridized carbons (Fsp3) is 0.500. The predicted octanol–water partition coefficient (Wildman–Crippen LogP) is 0.844. The number of ether oxygens (including phenoxy) is 1. The first-order chi connectivity index (χ1) is 9.87. The molecule has 0 spiro atoms. The third-order valence-corrected chi connectivity index (χ3v) is 5.62. The van der Waals surface area contributed by atoms with Gasteiger partial charge in [0.15, 0.2) is 0 Å². The maximum absolute atomic E-state index is 12.9. The molecule has 1 saturated heterocycles. The van der Waals surface area contributed by atoms with Gasteiger partial charge in [0.2, 0.25) is 10.0 Å². The second kappa shape index (κ2) is 6.13. The highest BCUT2D eigenvalue weighted by Crippen LogP contribution is 2.24. The number of hydrogen-bond acceptors (Lipinski definition) is 5. The third kappa shape index (κ3) is 3.09. The van der Waals surface area contributed by atoms with Crippen LogP contribution >= 0.6 is 0 Å². The van der Waals surface area contributed by atoms with Crippen molar-refractivity contribution in [2.75, 3.05) is 20.2 Å². The van der Waals surface area contributed by atoms with Crippen molar-refractivity contribution >= 4 is 16.0 Å². The van der Waals surface area contributed by atoms with Crippen LogP contribution in [0.3, 0.4) is 0 Å². The zero-order chi connectivity index (χ0) is 15.6. The first kappa shape index (κ1) is 15.9. The van der Waals surface area contributed by atoms with Crippen LogP contribution in [-0.2, 0) is 14.8 Å². The number of benzene rings is 1. The SMILES string of the molecule is COC(=O)c1ccccc1S(=O)(=O)N1CC(C)NCC1C. The highest BCUT2D eigenvalue weighted by Gasteiger charge is 2.35. The Hall–Kier alpha value is -1.44. The van der Waals surface area contributed by atoms with E-state index < -0.39 is 16.0 Å². The van der Waals surface area contributed by atoms with Crippen LogP contribution in [0.5, 0.6) is 0 Å². The summed E-state index contributed by atoms with van der Waals surface area (Å²) in [7, 11) is -2.50. The van der Waals surface area contributed by atoms with Crippen molar-refractivity contribution < 1.29 is 17.9 Å². The molecule has 2 unspecified atom stereocenters. The summed E-state index contributed by atoms with van der Waals surface area (Å²) in [4.78, 5) is 11.8. The summed E-state index contributed by atoms with van der Waals surface area (Å²) in [5, 5.41) is 3.24. The molecule has 0 bridgehead atoms. The van der Waals surface area contributed by atoms with Crippen molar-refractivity contribution in [2.24, 2.45) is 0 Å². The van der Waals surface area contributed by atoms with Crippen molar-refractivity contribution in [3.8, 4) is 0 Å². The van der Waals surface area contributed by atoms with Crippen molar-refractivity contribution in [2.45, 2.75) is 30.8 Å². The van der Waals surface area contributed by atoms with Gasteiger partial charge in [0.25, 0.3) is 0 Å². The molecule has 2 rings (SSSR count). The number of piperazine rings is 1. The van der Waals surface area contributed by atoms with Crippen molar-refractivity contribution in [3.63, 3.8) is 0 Å². The minimum Gasteiger partial charge on any atom is -0.465 e. The van der Waals surface area contributed by atoms with Gasteiger partial charge >= 0.3 is 5.97 Å². The molecule has 1 fully saturated rings. The Morgan fingerprint density at radius 2 is 2.00 bits per heavy atom. The van der Waals surface area contributed by atoms with Crippen LogP contribution in [0.4, 0.5) is 0 Å². The molecular weight excluding hydrogens is 292 g/mol. The fourth-order valence-corrected chi connectivity index (χ4v) is 4.32. The van der Waals surface area contributed by atoms with Gasteiger partial charge in [0.05, 0.1) is 17.6 Å². The largest absolute Gasteiger partial charge is 0.465 e. The molecular formula is C14H20N2O4S. The molecule has 1 N–H and O–H groups in total. The Kier molecular flexibility index (Phi) is 4.65. The minimum absolute atomic E-state index is 0.00204. The van der Waals surface area contributed by atoms with Crippen LogP contribution in [0.25, 0.3) is 0 Å². The molecule has 21 heavy (non-hydrogen) atoms. The van der Waals surface area contributed by atoms with Crippen LogP contribution in [0, 0.1) is 0 Å². The van der Waals surface area contributed by atoms with Crippen LogP contribution in [-0.4, -0.2) is 51.0 Å². The maximum Gasteiger partial charge on any atom is 0.339 e.